The second-order valence-corrected chi connectivity index (χ2v) is 8.86. The third-order valence-corrected chi connectivity index (χ3v) is 6.29. The molecule has 1 aliphatic heterocycles. The zero-order chi connectivity index (χ0) is 23.8. The Hall–Kier alpha value is -3.22. The lowest BCUT2D eigenvalue weighted by Gasteiger charge is -2.16. The summed E-state index contributed by atoms with van der Waals surface area (Å²) < 4.78 is 2.09. The van der Waals surface area contributed by atoms with Crippen molar-refractivity contribution in [2.24, 2.45) is 0 Å². The molecule has 1 aliphatic rings. The van der Waals surface area contributed by atoms with Crippen molar-refractivity contribution < 1.29 is 5.11 Å². The van der Waals surface area contributed by atoms with Gasteiger partial charge in [0.2, 0.25) is 0 Å². The molecule has 34 heavy (non-hydrogen) atoms. The lowest BCUT2D eigenvalue weighted by atomic mass is 10.1. The molecule has 6 nitrogen and oxygen atoms in total. The molecule has 178 valence electrons. The van der Waals surface area contributed by atoms with Crippen LogP contribution in [0.1, 0.15) is 48.9 Å². The molecule has 0 bridgehead atoms. The van der Waals surface area contributed by atoms with E-state index in [4.69, 9.17) is 0 Å². The van der Waals surface area contributed by atoms with Crippen LogP contribution >= 0.6 is 0 Å². The zero-order valence-electron chi connectivity index (χ0n) is 20.2. The molecule has 0 saturated carbocycles. The van der Waals surface area contributed by atoms with Gasteiger partial charge in [0.25, 0.3) is 0 Å². The largest absolute Gasteiger partial charge is 0.396 e. The predicted octanol–water partition coefficient (Wildman–Crippen LogP) is 5.20. The highest BCUT2D eigenvalue weighted by atomic mass is 16.2. The Bertz CT molecular complexity index is 1170. The number of aliphatic hydroxyl groups is 1. The van der Waals surface area contributed by atoms with Gasteiger partial charge in [0.15, 0.2) is 0 Å². The van der Waals surface area contributed by atoms with Crippen molar-refractivity contribution in [2.45, 2.75) is 45.6 Å². The van der Waals surface area contributed by atoms with Crippen molar-refractivity contribution in [1.82, 2.24) is 19.9 Å². The molecule has 1 atom stereocenters. The van der Waals surface area contributed by atoms with Crippen LogP contribution in [0.15, 0.2) is 67.3 Å². The highest BCUT2D eigenvalue weighted by molar-refractivity contribution is 5.90. The van der Waals surface area contributed by atoms with Crippen molar-refractivity contribution >= 4 is 16.7 Å². The number of aliphatic hydroxyl groups excluding tert-OH is 1. The van der Waals surface area contributed by atoms with Crippen LogP contribution in [0.3, 0.4) is 0 Å². The molecule has 1 fully saturated rings. The third kappa shape index (κ3) is 6.01. The third-order valence-electron chi connectivity index (χ3n) is 6.29. The second kappa shape index (κ2) is 11.8. The highest BCUT2D eigenvalue weighted by Gasteiger charge is 2.11. The smallest absolute Gasteiger partial charge is 0.137 e. The van der Waals surface area contributed by atoms with Crippen LogP contribution in [0.5, 0.6) is 0 Å². The fraction of sp³-hybridized carbons (Fsp3) is 0.357. The van der Waals surface area contributed by atoms with E-state index in [0.717, 1.165) is 28.0 Å². The maximum atomic E-state index is 9.25. The van der Waals surface area contributed by atoms with Gasteiger partial charge in [-0.2, -0.15) is 0 Å². The van der Waals surface area contributed by atoms with E-state index in [-0.39, 0.29) is 12.6 Å². The van der Waals surface area contributed by atoms with Crippen molar-refractivity contribution in [3.63, 3.8) is 0 Å². The van der Waals surface area contributed by atoms with Gasteiger partial charge in [-0.1, -0.05) is 36.8 Å². The molecule has 3 N–H and O–H groups in total. The molecule has 3 heterocycles. The predicted molar refractivity (Wildman–Crippen MR) is 140 cm³/mol. The summed E-state index contributed by atoms with van der Waals surface area (Å²) in [6.07, 6.45) is 10.6. The van der Waals surface area contributed by atoms with Gasteiger partial charge in [-0.05, 0) is 81.1 Å². The van der Waals surface area contributed by atoms with E-state index in [1.165, 1.54) is 43.5 Å². The van der Waals surface area contributed by atoms with Crippen molar-refractivity contribution in [3.8, 4) is 5.69 Å². The van der Waals surface area contributed by atoms with Crippen LogP contribution < -0.4 is 10.6 Å². The first-order valence-electron chi connectivity index (χ1n) is 12.2. The van der Waals surface area contributed by atoms with Gasteiger partial charge < -0.3 is 20.3 Å². The summed E-state index contributed by atoms with van der Waals surface area (Å²) in [5.41, 5.74) is 5.49. The molecule has 0 spiro atoms. The summed E-state index contributed by atoms with van der Waals surface area (Å²) in [5, 5.41) is 17.0. The first kappa shape index (κ1) is 23.9. The van der Waals surface area contributed by atoms with Gasteiger partial charge in [0.05, 0.1) is 5.52 Å². The summed E-state index contributed by atoms with van der Waals surface area (Å²) in [6, 6.07) is 16.6. The summed E-state index contributed by atoms with van der Waals surface area (Å²) in [4.78, 5) is 8.91. The van der Waals surface area contributed by atoms with E-state index >= 15 is 0 Å². The number of anilines is 1. The molecule has 5 rings (SSSR count). The van der Waals surface area contributed by atoms with Crippen LogP contribution in [-0.4, -0.2) is 39.3 Å². The molecule has 6 heteroatoms. The minimum Gasteiger partial charge on any atom is -0.396 e. The summed E-state index contributed by atoms with van der Waals surface area (Å²) >= 11 is 0. The average molecular weight is 458 g/mol. The number of aryl methyl sites for hydroxylation is 1. The summed E-state index contributed by atoms with van der Waals surface area (Å²) in [6.45, 7) is 6.85. The fourth-order valence-corrected chi connectivity index (χ4v) is 4.28. The lowest BCUT2D eigenvalue weighted by molar-refractivity contribution is 0.299. The molecule has 2 aromatic carbocycles. The van der Waals surface area contributed by atoms with Crippen molar-refractivity contribution in [3.05, 3.63) is 83.9 Å². The zero-order valence-corrected chi connectivity index (χ0v) is 20.2. The van der Waals surface area contributed by atoms with Crippen LogP contribution in [0.2, 0.25) is 0 Å². The maximum absolute atomic E-state index is 9.25. The number of piperidine rings is 1. The van der Waals surface area contributed by atoms with E-state index in [9.17, 15) is 5.11 Å². The molecule has 0 aliphatic carbocycles. The van der Waals surface area contributed by atoms with Gasteiger partial charge in [-0.15, -0.1) is 0 Å². The van der Waals surface area contributed by atoms with E-state index in [1.54, 1.807) is 6.33 Å². The Labute approximate surface area is 202 Å². The Balaban J connectivity index is 0.000000398. The first-order chi connectivity index (χ1) is 16.7. The molecular formula is C28H35N5O. The quantitative estimate of drug-likeness (QED) is 0.371. The van der Waals surface area contributed by atoms with Gasteiger partial charge in [0, 0.05) is 36.1 Å². The van der Waals surface area contributed by atoms with Crippen LogP contribution in [0.25, 0.3) is 16.6 Å². The normalized spacial score (nSPS) is 14.3. The Morgan fingerprint density at radius 3 is 2.50 bits per heavy atom. The number of nitrogens with zero attached hydrogens (tertiary/aromatic N) is 3. The number of nitrogens with one attached hydrogen (secondary N) is 2. The van der Waals surface area contributed by atoms with E-state index in [2.05, 4.69) is 75.7 Å². The van der Waals surface area contributed by atoms with Gasteiger partial charge in [0.1, 0.15) is 12.1 Å². The standard InChI is InChI=1S/C23H24N4O.C5H11N/c1-16-13-27(14-19(16)10-11-28)20-8-9-22-21(12-20)23(25-15-24-22)26-17(2)18-6-4-3-5-7-18;1-2-4-6-5-3-1/h3-9,12-15,17,28H,10-11H2,1-2H3,(H,24,25,26);6H,1-5H2. The monoisotopic (exact) mass is 457 g/mol. The number of benzene rings is 2. The number of aromatic nitrogens is 3. The number of fused-ring (bicyclic) bond motifs is 1. The Kier molecular flexibility index (Phi) is 8.28. The topological polar surface area (TPSA) is 75.0 Å². The summed E-state index contributed by atoms with van der Waals surface area (Å²) in [5.74, 6) is 0.822. The molecule has 1 saturated heterocycles. The Morgan fingerprint density at radius 2 is 1.82 bits per heavy atom. The van der Waals surface area contributed by atoms with Crippen molar-refractivity contribution in [2.75, 3.05) is 25.0 Å². The minimum absolute atomic E-state index is 0.132. The second-order valence-electron chi connectivity index (χ2n) is 8.86. The molecule has 2 aromatic heterocycles. The number of hydrogen-bond donors (Lipinski definition) is 3. The number of hydrogen-bond acceptors (Lipinski definition) is 5. The molecule has 0 radical (unpaired) electrons. The SMILES string of the molecule is C1CCNCC1.Cc1cn(-c2ccc3ncnc(NC(C)c4ccccc4)c3c2)cc1CCO. The fourth-order valence-electron chi connectivity index (χ4n) is 4.28. The Morgan fingerprint density at radius 1 is 1.03 bits per heavy atom. The number of rotatable bonds is 6. The van der Waals surface area contributed by atoms with Crippen LogP contribution in [0, 0.1) is 6.92 Å². The average Bonchev–Trinajstić information content (AvgIpc) is 3.26. The summed E-state index contributed by atoms with van der Waals surface area (Å²) in [7, 11) is 0. The van der Waals surface area contributed by atoms with E-state index in [1.807, 2.05) is 24.3 Å². The lowest BCUT2D eigenvalue weighted by Crippen LogP contribution is -2.21. The van der Waals surface area contributed by atoms with Crippen LogP contribution in [-0.2, 0) is 6.42 Å². The van der Waals surface area contributed by atoms with Crippen LogP contribution in [0.4, 0.5) is 5.82 Å². The molecule has 4 aromatic rings. The maximum Gasteiger partial charge on any atom is 0.137 e. The van der Waals surface area contributed by atoms with E-state index in [0.29, 0.717) is 6.42 Å². The van der Waals surface area contributed by atoms with Gasteiger partial charge in [-0.3, -0.25) is 0 Å². The molecule has 0 amide bonds. The van der Waals surface area contributed by atoms with E-state index < -0.39 is 0 Å². The molecular weight excluding hydrogens is 422 g/mol. The van der Waals surface area contributed by atoms with Gasteiger partial charge >= 0.3 is 0 Å². The minimum atomic E-state index is 0.132. The van der Waals surface area contributed by atoms with Gasteiger partial charge in [-0.25, -0.2) is 9.97 Å². The molecule has 1 unspecified atom stereocenters. The first-order valence-corrected chi connectivity index (χ1v) is 12.2. The highest BCUT2D eigenvalue weighted by Crippen LogP contribution is 2.27. The van der Waals surface area contributed by atoms with Crippen molar-refractivity contribution in [1.29, 1.82) is 0 Å².